The molecule has 0 saturated carbocycles. The molecule has 0 unspecified atom stereocenters. The highest BCUT2D eigenvalue weighted by Gasteiger charge is 2.48. The van der Waals surface area contributed by atoms with Crippen molar-refractivity contribution in [2.24, 2.45) is 5.92 Å². The Kier molecular flexibility index (Phi) is 8.49. The van der Waals surface area contributed by atoms with E-state index in [2.05, 4.69) is 17.3 Å². The van der Waals surface area contributed by atoms with E-state index in [9.17, 15) is 18.0 Å². The third-order valence-corrected chi connectivity index (χ3v) is 9.85. The van der Waals surface area contributed by atoms with E-state index in [0.29, 0.717) is 39.1 Å². The average Bonchev–Trinajstić information content (AvgIpc) is 3.28. The van der Waals surface area contributed by atoms with Crippen molar-refractivity contribution in [3.8, 4) is 0 Å². The van der Waals surface area contributed by atoms with Gasteiger partial charge >= 0.3 is 0 Å². The van der Waals surface area contributed by atoms with Crippen LogP contribution < -0.4 is 9.62 Å². The summed E-state index contributed by atoms with van der Waals surface area (Å²) >= 11 is 0. The van der Waals surface area contributed by atoms with Gasteiger partial charge in [-0.05, 0) is 63.0 Å². The summed E-state index contributed by atoms with van der Waals surface area (Å²) in [6.07, 6.45) is 4.10. The minimum Gasteiger partial charge on any atom is -0.374 e. The van der Waals surface area contributed by atoms with Crippen LogP contribution in [0.2, 0.25) is 0 Å². The van der Waals surface area contributed by atoms with E-state index in [4.69, 9.17) is 4.74 Å². The zero-order chi connectivity index (χ0) is 28.3. The van der Waals surface area contributed by atoms with Crippen molar-refractivity contribution in [2.75, 3.05) is 56.9 Å². The quantitative estimate of drug-likeness (QED) is 0.525. The van der Waals surface area contributed by atoms with Gasteiger partial charge in [0.2, 0.25) is 21.8 Å². The summed E-state index contributed by atoms with van der Waals surface area (Å²) in [6.45, 7) is 3.55. The summed E-state index contributed by atoms with van der Waals surface area (Å²) in [4.78, 5) is 31.0. The Morgan fingerprint density at radius 2 is 1.65 bits per heavy atom. The molecule has 216 valence electrons. The fourth-order valence-corrected chi connectivity index (χ4v) is 7.29. The first-order valence-corrected chi connectivity index (χ1v) is 16.0. The molecule has 2 fully saturated rings. The molecule has 10 heteroatoms. The van der Waals surface area contributed by atoms with Gasteiger partial charge in [0.05, 0.1) is 25.2 Å². The Morgan fingerprint density at radius 3 is 2.33 bits per heavy atom. The summed E-state index contributed by atoms with van der Waals surface area (Å²) in [5.41, 5.74) is 2.45. The monoisotopic (exact) mass is 568 g/mol. The molecule has 0 aliphatic carbocycles. The molecule has 40 heavy (non-hydrogen) atoms. The molecule has 3 heterocycles. The number of carbonyl (C=O) groups excluding carboxylic acids is 2. The van der Waals surface area contributed by atoms with Crippen LogP contribution in [-0.4, -0.2) is 88.7 Å². The van der Waals surface area contributed by atoms with Gasteiger partial charge in [0.1, 0.15) is 6.04 Å². The van der Waals surface area contributed by atoms with Gasteiger partial charge in [0, 0.05) is 31.0 Å². The van der Waals surface area contributed by atoms with Crippen molar-refractivity contribution in [1.82, 2.24) is 15.1 Å². The van der Waals surface area contributed by atoms with E-state index < -0.39 is 16.1 Å². The lowest BCUT2D eigenvalue weighted by atomic mass is 9.74. The van der Waals surface area contributed by atoms with Crippen LogP contribution in [0.3, 0.4) is 0 Å². The fraction of sp³-hybridized carbons (Fsp3) is 0.533. The van der Waals surface area contributed by atoms with Gasteiger partial charge in [-0.15, -0.1) is 0 Å². The minimum absolute atomic E-state index is 0.0863. The zero-order valence-electron chi connectivity index (χ0n) is 23.4. The first kappa shape index (κ1) is 28.6. The summed E-state index contributed by atoms with van der Waals surface area (Å²) in [5.74, 6) is -0.339. The Balaban J connectivity index is 1.27. The number of fused-ring (bicyclic) bond motifs is 2. The lowest BCUT2D eigenvalue weighted by Crippen LogP contribution is -2.56. The highest BCUT2D eigenvalue weighted by atomic mass is 32.2. The van der Waals surface area contributed by atoms with Gasteiger partial charge in [-0.2, -0.15) is 0 Å². The van der Waals surface area contributed by atoms with Crippen molar-refractivity contribution in [2.45, 2.75) is 43.7 Å². The van der Waals surface area contributed by atoms with E-state index in [0.717, 1.165) is 42.7 Å². The number of para-hydroxylation sites is 1. The van der Waals surface area contributed by atoms with E-state index >= 15 is 0 Å². The van der Waals surface area contributed by atoms with E-state index in [-0.39, 0.29) is 29.8 Å². The van der Waals surface area contributed by atoms with E-state index in [1.165, 1.54) is 10.6 Å². The van der Waals surface area contributed by atoms with Crippen molar-refractivity contribution in [1.29, 1.82) is 0 Å². The Bertz CT molecular complexity index is 1300. The molecule has 2 saturated heterocycles. The van der Waals surface area contributed by atoms with Gasteiger partial charge in [-0.1, -0.05) is 48.5 Å². The van der Waals surface area contributed by atoms with Crippen LogP contribution in [0.5, 0.6) is 0 Å². The Labute approximate surface area is 237 Å². The zero-order valence-corrected chi connectivity index (χ0v) is 24.2. The number of nitrogens with zero attached hydrogens (tertiary/aromatic N) is 3. The van der Waals surface area contributed by atoms with Gasteiger partial charge in [0.25, 0.3) is 0 Å². The Hall–Kier alpha value is -2.95. The van der Waals surface area contributed by atoms with Crippen molar-refractivity contribution < 1.29 is 22.7 Å². The minimum atomic E-state index is -3.41. The molecule has 9 nitrogen and oxygen atoms in total. The molecule has 2 aromatic carbocycles. The van der Waals surface area contributed by atoms with Gasteiger partial charge in [-0.3, -0.25) is 13.9 Å². The van der Waals surface area contributed by atoms with Gasteiger partial charge in [0.15, 0.2) is 0 Å². The number of benzene rings is 2. The number of hydrogen-bond acceptors (Lipinski definition) is 6. The molecular formula is C30H40N4O5S. The molecule has 2 aromatic rings. The number of hydrogen-bond donors (Lipinski definition) is 1. The van der Waals surface area contributed by atoms with Gasteiger partial charge < -0.3 is 19.9 Å². The maximum absolute atomic E-state index is 13.8. The second-order valence-electron chi connectivity index (χ2n) is 11.5. The molecule has 2 amide bonds. The molecule has 0 aromatic heterocycles. The Morgan fingerprint density at radius 1 is 1.00 bits per heavy atom. The highest BCUT2D eigenvalue weighted by Crippen LogP contribution is 2.47. The normalized spacial score (nSPS) is 20.4. The largest absolute Gasteiger partial charge is 0.374 e. The molecular weight excluding hydrogens is 528 g/mol. The number of likely N-dealkylation sites (tertiary alicyclic amines) is 2. The van der Waals surface area contributed by atoms with Gasteiger partial charge in [-0.25, -0.2) is 8.42 Å². The summed E-state index contributed by atoms with van der Waals surface area (Å²) in [7, 11) is -1.36. The second-order valence-corrected chi connectivity index (χ2v) is 13.4. The summed E-state index contributed by atoms with van der Waals surface area (Å²) in [6, 6.07) is 16.7. The molecule has 3 aliphatic rings. The molecule has 5 rings (SSSR count). The van der Waals surface area contributed by atoms with Crippen LogP contribution in [0.4, 0.5) is 5.69 Å². The molecule has 0 bridgehead atoms. The van der Waals surface area contributed by atoms with E-state index in [1.807, 2.05) is 59.5 Å². The smallest absolute Gasteiger partial charge is 0.247 e. The number of rotatable bonds is 8. The van der Waals surface area contributed by atoms with Crippen LogP contribution in [0.1, 0.15) is 36.8 Å². The number of nitrogens with one attached hydrogen (secondary N) is 1. The SMILES string of the molecule is CN1CCC(C(=O)N[C@H](COCc2ccccc2)C(=O)N2CCC3(CC2)CN(S(C)(=O)=O)c2ccccc23)CC1. The molecule has 3 aliphatic heterocycles. The lowest BCUT2D eigenvalue weighted by Gasteiger charge is -2.41. The molecule has 1 N–H and O–H groups in total. The molecule has 1 spiro atoms. The van der Waals surface area contributed by atoms with E-state index in [1.54, 1.807) is 0 Å². The highest BCUT2D eigenvalue weighted by molar-refractivity contribution is 7.92. The van der Waals surface area contributed by atoms with Crippen molar-refractivity contribution in [3.05, 3.63) is 65.7 Å². The number of ether oxygens (including phenoxy) is 1. The summed E-state index contributed by atoms with van der Waals surface area (Å²) < 4.78 is 32.5. The lowest BCUT2D eigenvalue weighted by molar-refractivity contribution is -0.141. The standard InChI is InChI=1S/C30H40N4O5S/c1-32-16-12-24(13-17-32)28(35)31-26(21-39-20-23-8-4-3-5-9-23)29(36)33-18-14-30(15-19-33)22-34(40(2,37)38)27-11-7-6-10-25(27)30/h3-11,24,26H,12-22H2,1-2H3,(H,31,35)/t26-/m1/s1. The third kappa shape index (κ3) is 6.19. The predicted octanol–water partition coefficient (Wildman–Crippen LogP) is 2.37. The maximum atomic E-state index is 13.8. The number of sulfonamides is 1. The van der Waals surface area contributed by atoms with Crippen LogP contribution in [0.25, 0.3) is 0 Å². The second kappa shape index (κ2) is 11.9. The first-order chi connectivity index (χ1) is 19.2. The average molecular weight is 569 g/mol. The molecule has 1 atom stereocenters. The number of amides is 2. The van der Waals surface area contributed by atoms with Crippen molar-refractivity contribution >= 4 is 27.5 Å². The van der Waals surface area contributed by atoms with Crippen LogP contribution >= 0.6 is 0 Å². The predicted molar refractivity (Wildman–Crippen MR) is 154 cm³/mol. The fourth-order valence-electron chi connectivity index (χ4n) is 6.29. The first-order valence-electron chi connectivity index (χ1n) is 14.1. The van der Waals surface area contributed by atoms with Crippen LogP contribution in [0, 0.1) is 5.92 Å². The number of carbonyl (C=O) groups is 2. The topological polar surface area (TPSA) is 99.3 Å². The third-order valence-electron chi connectivity index (χ3n) is 8.72. The molecule has 0 radical (unpaired) electrons. The van der Waals surface area contributed by atoms with Crippen LogP contribution in [-0.2, 0) is 36.4 Å². The maximum Gasteiger partial charge on any atom is 0.247 e. The van der Waals surface area contributed by atoms with Crippen LogP contribution in [0.15, 0.2) is 54.6 Å². The number of piperidine rings is 2. The number of anilines is 1. The van der Waals surface area contributed by atoms with Crippen molar-refractivity contribution in [3.63, 3.8) is 0 Å². The summed E-state index contributed by atoms with van der Waals surface area (Å²) in [5, 5.41) is 3.03.